The Morgan fingerprint density at radius 3 is 2.60 bits per heavy atom. The lowest BCUT2D eigenvalue weighted by Gasteiger charge is -2.26. The maximum absolute atomic E-state index is 12.2. The number of halogens is 2. The molecule has 0 heterocycles. The minimum Gasteiger partial charge on any atom is -0.288 e. The van der Waals surface area contributed by atoms with Gasteiger partial charge in [-0.3, -0.25) is 4.79 Å². The summed E-state index contributed by atoms with van der Waals surface area (Å²) in [7, 11) is 0. The largest absolute Gasteiger partial charge is 0.300 e. The summed E-state index contributed by atoms with van der Waals surface area (Å²) in [6.45, 7) is 0. The highest BCUT2D eigenvalue weighted by Crippen LogP contribution is 2.36. The fourth-order valence-corrected chi connectivity index (χ4v) is 1.81. The van der Waals surface area contributed by atoms with Gasteiger partial charge in [-0.15, -0.1) is 0 Å². The van der Waals surface area contributed by atoms with Crippen molar-refractivity contribution < 1.29 is 13.6 Å². The summed E-state index contributed by atoms with van der Waals surface area (Å²) in [5.41, 5.74) is 1.15. The average Bonchev–Trinajstić information content (AvgIpc) is 2.14. The molecule has 1 aromatic rings. The van der Waals surface area contributed by atoms with Gasteiger partial charge in [-0.1, -0.05) is 24.6 Å². The van der Waals surface area contributed by atoms with Crippen molar-refractivity contribution in [3.8, 4) is 0 Å². The molecule has 0 radical (unpaired) electrons. The van der Waals surface area contributed by atoms with Crippen molar-refractivity contribution in [2.24, 2.45) is 0 Å². The van der Waals surface area contributed by atoms with Gasteiger partial charge >= 0.3 is 6.43 Å². The minimum absolute atomic E-state index is 0.134. The Bertz CT molecular complexity index is 370. The smallest absolute Gasteiger partial charge is 0.288 e. The quantitative estimate of drug-likeness (QED) is 0.699. The van der Waals surface area contributed by atoms with Gasteiger partial charge in [0, 0.05) is 5.56 Å². The van der Waals surface area contributed by atoms with Crippen LogP contribution in [0.1, 0.15) is 41.1 Å². The van der Waals surface area contributed by atoms with E-state index in [-0.39, 0.29) is 5.56 Å². The first-order valence-corrected chi connectivity index (χ1v) is 5.11. The van der Waals surface area contributed by atoms with E-state index >= 15 is 0 Å². The lowest BCUT2D eigenvalue weighted by molar-refractivity contribution is 0.0678. The Balaban J connectivity index is 2.22. The van der Waals surface area contributed by atoms with Gasteiger partial charge in [-0.25, -0.2) is 8.78 Å². The van der Waals surface area contributed by atoms with Crippen LogP contribution in [-0.4, -0.2) is 12.2 Å². The third kappa shape index (κ3) is 2.06. The highest BCUT2D eigenvalue weighted by atomic mass is 19.3. The molecule has 0 saturated heterocycles. The van der Waals surface area contributed by atoms with E-state index in [4.69, 9.17) is 0 Å². The normalized spacial score (nSPS) is 16.5. The third-order valence-corrected chi connectivity index (χ3v) is 2.95. The zero-order chi connectivity index (χ0) is 10.8. The number of hydrogen-bond acceptors (Lipinski definition) is 1. The molecule has 1 aliphatic carbocycles. The summed E-state index contributed by atoms with van der Waals surface area (Å²) in [6, 6.07) is 6.66. The van der Waals surface area contributed by atoms with Crippen molar-refractivity contribution in [1.29, 1.82) is 0 Å². The molecular formula is C12H12F2O. The lowest BCUT2D eigenvalue weighted by atomic mass is 9.79. The summed E-state index contributed by atoms with van der Waals surface area (Å²) < 4.78 is 24.4. The summed E-state index contributed by atoms with van der Waals surface area (Å²) in [5.74, 6) is -0.605. The first kappa shape index (κ1) is 10.3. The van der Waals surface area contributed by atoms with Gasteiger partial charge in [-0.2, -0.15) is 0 Å². The first-order valence-electron chi connectivity index (χ1n) is 5.11. The number of carbonyl (C=O) groups excluding carboxylic acids is 1. The number of alkyl halides is 2. The SMILES string of the molecule is O=C(c1cccc(C2CCC2)c1)C(F)F. The molecule has 3 heteroatoms. The zero-order valence-corrected chi connectivity index (χ0v) is 8.25. The number of benzene rings is 1. The maximum atomic E-state index is 12.2. The number of hydrogen-bond donors (Lipinski definition) is 0. The van der Waals surface area contributed by atoms with Gasteiger partial charge in [0.05, 0.1) is 0 Å². The van der Waals surface area contributed by atoms with Gasteiger partial charge < -0.3 is 0 Å². The Labute approximate surface area is 87.1 Å². The molecule has 80 valence electrons. The monoisotopic (exact) mass is 210 g/mol. The van der Waals surface area contributed by atoms with Crippen molar-refractivity contribution in [2.75, 3.05) is 0 Å². The molecule has 2 rings (SSSR count). The highest BCUT2D eigenvalue weighted by Gasteiger charge is 2.22. The van der Waals surface area contributed by atoms with Crippen molar-refractivity contribution in [1.82, 2.24) is 0 Å². The number of ketones is 1. The molecule has 1 nitrogen and oxygen atoms in total. The van der Waals surface area contributed by atoms with Crippen LogP contribution in [0.25, 0.3) is 0 Å². The van der Waals surface area contributed by atoms with Gasteiger partial charge in [0.1, 0.15) is 0 Å². The molecule has 1 aliphatic rings. The van der Waals surface area contributed by atoms with Crippen LogP contribution in [0.4, 0.5) is 8.78 Å². The van der Waals surface area contributed by atoms with Crippen LogP contribution in [0.5, 0.6) is 0 Å². The van der Waals surface area contributed by atoms with E-state index in [9.17, 15) is 13.6 Å². The van der Waals surface area contributed by atoms with Crippen LogP contribution in [0.15, 0.2) is 24.3 Å². The molecule has 0 atom stereocenters. The molecule has 0 amide bonds. The van der Waals surface area contributed by atoms with Crippen molar-refractivity contribution in [3.05, 3.63) is 35.4 Å². The summed E-state index contributed by atoms with van der Waals surface area (Å²) >= 11 is 0. The fraction of sp³-hybridized carbons (Fsp3) is 0.417. The summed E-state index contributed by atoms with van der Waals surface area (Å²) in [4.78, 5) is 11.1. The van der Waals surface area contributed by atoms with E-state index in [0.29, 0.717) is 5.92 Å². The van der Waals surface area contributed by atoms with Crippen molar-refractivity contribution in [3.63, 3.8) is 0 Å². The number of rotatable bonds is 3. The number of Topliss-reactive ketones (excluding diaryl/α,β-unsaturated/α-hetero) is 1. The van der Waals surface area contributed by atoms with Gasteiger partial charge in [0.25, 0.3) is 0 Å². The third-order valence-electron chi connectivity index (χ3n) is 2.95. The Hall–Kier alpha value is -1.25. The van der Waals surface area contributed by atoms with Crippen LogP contribution < -0.4 is 0 Å². The summed E-state index contributed by atoms with van der Waals surface area (Å²) in [6.07, 6.45) is 0.498. The van der Waals surface area contributed by atoms with Gasteiger partial charge in [0.15, 0.2) is 0 Å². The molecule has 0 spiro atoms. The van der Waals surface area contributed by atoms with E-state index in [1.807, 2.05) is 6.07 Å². The van der Waals surface area contributed by atoms with Gasteiger partial charge in [-0.05, 0) is 30.4 Å². The van der Waals surface area contributed by atoms with Crippen LogP contribution in [0.3, 0.4) is 0 Å². The predicted molar refractivity (Wildman–Crippen MR) is 53.4 cm³/mol. The molecule has 0 N–H and O–H groups in total. The van der Waals surface area contributed by atoms with E-state index in [2.05, 4.69) is 0 Å². The summed E-state index contributed by atoms with van der Waals surface area (Å²) in [5, 5.41) is 0. The Kier molecular flexibility index (Phi) is 2.80. The Morgan fingerprint density at radius 1 is 1.33 bits per heavy atom. The topological polar surface area (TPSA) is 17.1 Å². The van der Waals surface area contributed by atoms with E-state index in [1.165, 1.54) is 12.5 Å². The molecule has 1 saturated carbocycles. The second kappa shape index (κ2) is 4.09. The lowest BCUT2D eigenvalue weighted by Crippen LogP contribution is -2.13. The zero-order valence-electron chi connectivity index (χ0n) is 8.25. The molecule has 1 aromatic carbocycles. The van der Waals surface area contributed by atoms with Crippen LogP contribution >= 0.6 is 0 Å². The van der Waals surface area contributed by atoms with Crippen LogP contribution in [0, 0.1) is 0 Å². The second-order valence-corrected chi connectivity index (χ2v) is 3.92. The standard InChI is InChI=1S/C12H12F2O/c13-12(14)11(15)10-6-2-5-9(7-10)8-3-1-4-8/h2,5-8,12H,1,3-4H2. The second-order valence-electron chi connectivity index (χ2n) is 3.92. The van der Waals surface area contributed by atoms with Crippen molar-refractivity contribution >= 4 is 5.78 Å². The molecule has 15 heavy (non-hydrogen) atoms. The van der Waals surface area contributed by atoms with E-state index in [0.717, 1.165) is 18.4 Å². The Morgan fingerprint density at radius 2 is 2.07 bits per heavy atom. The molecular weight excluding hydrogens is 198 g/mol. The van der Waals surface area contributed by atoms with E-state index in [1.54, 1.807) is 12.1 Å². The molecule has 1 fully saturated rings. The fourth-order valence-electron chi connectivity index (χ4n) is 1.81. The average molecular weight is 210 g/mol. The van der Waals surface area contributed by atoms with Crippen molar-refractivity contribution in [2.45, 2.75) is 31.6 Å². The van der Waals surface area contributed by atoms with E-state index < -0.39 is 12.2 Å². The molecule has 0 aromatic heterocycles. The van der Waals surface area contributed by atoms with Crippen LogP contribution in [0.2, 0.25) is 0 Å². The molecule has 0 unspecified atom stereocenters. The van der Waals surface area contributed by atoms with Crippen LogP contribution in [-0.2, 0) is 0 Å². The molecule has 0 aliphatic heterocycles. The number of carbonyl (C=O) groups is 1. The highest BCUT2D eigenvalue weighted by molar-refractivity contribution is 5.98. The predicted octanol–water partition coefficient (Wildman–Crippen LogP) is 3.40. The minimum atomic E-state index is -2.90. The van der Waals surface area contributed by atoms with Gasteiger partial charge in [0.2, 0.25) is 5.78 Å². The first-order chi connectivity index (χ1) is 7.18. The molecule has 0 bridgehead atoms. The maximum Gasteiger partial charge on any atom is 0.300 e.